The number of carboxylic acid groups (broad SMARTS) is 2. The number of hydrogen-bond acceptors (Lipinski definition) is 20. The Hall–Kier alpha value is -9.88. The Morgan fingerprint density at radius 2 is 0.915 bits per heavy atom. The van der Waals surface area contributed by atoms with Gasteiger partial charge in [-0.15, -0.1) is 0 Å². The first kappa shape index (κ1) is 82.1. The normalized spacial score (nSPS) is 14.4. The van der Waals surface area contributed by atoms with Gasteiger partial charge in [0.1, 0.15) is 66.2 Å². The Morgan fingerprint density at radius 1 is 0.479 bits per heavy atom. The summed E-state index contributed by atoms with van der Waals surface area (Å²) in [4.78, 5) is 206. The summed E-state index contributed by atoms with van der Waals surface area (Å²) >= 11 is 1.31. The van der Waals surface area contributed by atoms with Gasteiger partial charge in [0.25, 0.3) is 0 Å². The molecule has 0 aromatic heterocycles. The molecule has 1 rings (SSSR count). The summed E-state index contributed by atoms with van der Waals surface area (Å²) in [6, 6.07) is -10.3. The van der Waals surface area contributed by atoms with Crippen LogP contribution in [0.1, 0.15) is 105 Å². The SMILES string of the molecule is CSCC[C@H](NC(=O)[C@H](Cc1ccc(O)cc1)NC(=O)[C@@H](N)CCC(N)=O)C(=O)N[C@@H](C)C(=O)N[C@@H](C)C(=O)N[C@@H](CC(=O)O)C(=O)N[C@@H](CCC(N)=O)C(=O)N[C@@H](C)C(=O)N[C@@H](C)C(=O)NCC(=O)NCC(=O)N[C@@H](CC(C)C)C(=O)N[C@@H](CCCNC(=N)N)C(=O)O. The molecular formula is C56H90N18O19S. The fraction of sp³-hybridized carbons (Fsp3) is 0.589. The maximum absolute atomic E-state index is 13.8. The Morgan fingerprint density at radius 3 is 1.41 bits per heavy atom. The first-order valence-electron chi connectivity index (χ1n) is 29.6. The maximum atomic E-state index is 13.8. The quantitative estimate of drug-likeness (QED) is 0.0164. The minimum atomic E-state index is -1.96. The fourth-order valence-electron chi connectivity index (χ4n) is 8.21. The first-order valence-corrected chi connectivity index (χ1v) is 31.0. The minimum absolute atomic E-state index is 0.0108. The number of guanidine groups is 1. The molecule has 524 valence electrons. The van der Waals surface area contributed by atoms with Gasteiger partial charge in [-0.25, -0.2) is 4.79 Å². The van der Waals surface area contributed by atoms with Crippen LogP contribution in [0.4, 0.5) is 0 Å². The number of nitrogens with one attached hydrogen (secondary N) is 14. The van der Waals surface area contributed by atoms with Crippen molar-refractivity contribution in [2.24, 2.45) is 28.9 Å². The molecular weight excluding hydrogens is 1260 g/mol. The van der Waals surface area contributed by atoms with Crippen LogP contribution in [0.3, 0.4) is 0 Å². The molecule has 25 N–H and O–H groups in total. The van der Waals surface area contributed by atoms with Gasteiger partial charge >= 0.3 is 11.9 Å². The minimum Gasteiger partial charge on any atom is -0.508 e. The molecule has 94 heavy (non-hydrogen) atoms. The van der Waals surface area contributed by atoms with E-state index in [2.05, 4.69) is 69.1 Å². The van der Waals surface area contributed by atoms with Gasteiger partial charge in [-0.3, -0.25) is 77.3 Å². The lowest BCUT2D eigenvalue weighted by atomic mass is 10.0. The molecule has 1 aromatic rings. The lowest BCUT2D eigenvalue weighted by Gasteiger charge is -2.26. The number of hydrogen-bond donors (Lipinski definition) is 21. The molecule has 0 aliphatic heterocycles. The molecule has 0 aliphatic rings. The number of primary amides is 2. The van der Waals surface area contributed by atoms with Gasteiger partial charge in [0, 0.05) is 25.8 Å². The summed E-state index contributed by atoms with van der Waals surface area (Å²) in [6.45, 7) is 7.01. The van der Waals surface area contributed by atoms with E-state index in [4.69, 9.17) is 28.3 Å². The highest BCUT2D eigenvalue weighted by Gasteiger charge is 2.35. The predicted octanol–water partition coefficient (Wildman–Crippen LogP) is -7.43. The number of nitrogens with two attached hydrogens (primary N) is 4. The number of aliphatic carboxylic acids is 2. The highest BCUT2D eigenvalue weighted by atomic mass is 32.2. The number of aromatic hydroxyl groups is 1. The van der Waals surface area contributed by atoms with Crippen LogP contribution in [0.25, 0.3) is 0 Å². The third kappa shape index (κ3) is 33.4. The van der Waals surface area contributed by atoms with Crippen molar-refractivity contribution >= 4 is 112 Å². The number of amides is 14. The van der Waals surface area contributed by atoms with E-state index >= 15 is 0 Å². The van der Waals surface area contributed by atoms with Crippen LogP contribution in [-0.4, -0.2) is 214 Å². The van der Waals surface area contributed by atoms with E-state index in [1.165, 1.54) is 49.9 Å². The molecule has 0 heterocycles. The second-order valence-corrected chi connectivity index (χ2v) is 23.1. The number of rotatable bonds is 44. The van der Waals surface area contributed by atoms with E-state index in [0.29, 0.717) is 11.3 Å². The van der Waals surface area contributed by atoms with E-state index in [0.717, 1.165) is 13.8 Å². The lowest BCUT2D eigenvalue weighted by Crippen LogP contribution is -2.60. The molecule has 37 nitrogen and oxygen atoms in total. The number of carbonyl (C=O) groups is 16. The second kappa shape index (κ2) is 42.3. The Balaban J connectivity index is 3.01. The molecule has 0 saturated carbocycles. The molecule has 0 fully saturated rings. The molecule has 0 saturated heterocycles. The molecule has 11 atom stereocenters. The zero-order chi connectivity index (χ0) is 71.5. The average molecular weight is 1350 g/mol. The summed E-state index contributed by atoms with van der Waals surface area (Å²) in [5, 5.41) is 66.9. The zero-order valence-electron chi connectivity index (χ0n) is 53.2. The van der Waals surface area contributed by atoms with Crippen molar-refractivity contribution in [1.82, 2.24) is 69.1 Å². The van der Waals surface area contributed by atoms with Gasteiger partial charge in [-0.1, -0.05) is 26.0 Å². The Labute approximate surface area is 545 Å². The van der Waals surface area contributed by atoms with Crippen molar-refractivity contribution in [3.05, 3.63) is 29.8 Å². The second-order valence-electron chi connectivity index (χ2n) is 22.2. The molecule has 14 amide bonds. The van der Waals surface area contributed by atoms with Crippen LogP contribution in [0.15, 0.2) is 24.3 Å². The van der Waals surface area contributed by atoms with Gasteiger partial charge in [-0.05, 0) is 102 Å². The molecule has 1 aromatic carbocycles. The number of carboxylic acids is 2. The number of phenolic OH excluding ortho intramolecular Hbond substituents is 1. The molecule has 38 heteroatoms. The molecule has 0 spiro atoms. The number of phenols is 1. The Bertz CT molecular complexity index is 2870. The molecule has 0 unspecified atom stereocenters. The van der Waals surface area contributed by atoms with Crippen molar-refractivity contribution in [1.29, 1.82) is 5.41 Å². The summed E-state index contributed by atoms with van der Waals surface area (Å²) in [5.74, 6) is -16.4. The van der Waals surface area contributed by atoms with Crippen LogP contribution in [-0.2, 0) is 83.1 Å². The molecule has 0 aliphatic carbocycles. The van der Waals surface area contributed by atoms with E-state index in [1.54, 1.807) is 20.1 Å². The standard InChI is InChI=1S/C56H90N18O19S/c1-26(2)21-37(52(89)72-36(55(92)93)9-8-19-62-56(60)61)69-43(79)25-63-42(78)24-64-45(82)27(3)65-46(83)28(4)67-50(87)34(15-17-41(59)77)70-54(91)39(23-44(80)81)73-48(85)30(6)66-47(84)29(5)68-51(88)35(18-20-94-7)71-53(90)38(22-31-10-12-32(75)13-11-31)74-49(86)33(57)14-16-40(58)76/h10-13,26-30,33-39,75H,8-9,14-25,57H2,1-7H3,(H2,58,76)(H2,59,77)(H,63,78)(H,64,82)(H,65,83)(H,66,84)(H,67,87)(H,68,88)(H,69,79)(H,70,91)(H,71,90)(H,72,89)(H,73,85)(H,74,86)(H,80,81)(H,92,93)(H4,60,61,62)/t27-,28-,29-,30-,33-,34-,35-,36-,37-,38-,39-/m0/s1. The topological polar surface area (TPSA) is 618 Å². The van der Waals surface area contributed by atoms with Crippen LogP contribution in [0.2, 0.25) is 0 Å². The summed E-state index contributed by atoms with van der Waals surface area (Å²) in [6.07, 6.45) is -0.659. The smallest absolute Gasteiger partial charge is 0.326 e. The van der Waals surface area contributed by atoms with Gasteiger partial charge in [0.05, 0.1) is 25.6 Å². The van der Waals surface area contributed by atoms with Crippen molar-refractivity contribution in [2.75, 3.05) is 31.6 Å². The van der Waals surface area contributed by atoms with Crippen molar-refractivity contribution < 1.29 is 92.0 Å². The number of carbonyl (C=O) groups excluding carboxylic acids is 14. The monoisotopic (exact) mass is 1350 g/mol. The molecule has 0 bridgehead atoms. The van der Waals surface area contributed by atoms with E-state index < -0.39 is 193 Å². The zero-order valence-corrected chi connectivity index (χ0v) is 54.0. The summed E-state index contributed by atoms with van der Waals surface area (Å²) in [5.41, 5.74) is 22.1. The van der Waals surface area contributed by atoms with Gasteiger partial charge in [0.2, 0.25) is 82.7 Å². The number of benzene rings is 1. The average Bonchev–Trinajstić information content (AvgIpc) is 0.940. The van der Waals surface area contributed by atoms with E-state index in [-0.39, 0.29) is 69.1 Å². The Kier molecular flexibility index (Phi) is 37.0. The summed E-state index contributed by atoms with van der Waals surface area (Å²) < 4.78 is 0. The number of thioether (sulfide) groups is 1. The van der Waals surface area contributed by atoms with E-state index in [1.807, 2.05) is 0 Å². The van der Waals surface area contributed by atoms with Crippen molar-refractivity contribution in [3.63, 3.8) is 0 Å². The van der Waals surface area contributed by atoms with Crippen LogP contribution in [0, 0.1) is 11.3 Å². The summed E-state index contributed by atoms with van der Waals surface area (Å²) in [7, 11) is 0. The third-order valence-corrected chi connectivity index (χ3v) is 14.1. The van der Waals surface area contributed by atoms with Crippen LogP contribution in [0.5, 0.6) is 5.75 Å². The van der Waals surface area contributed by atoms with Gasteiger partial charge < -0.3 is 107 Å². The largest absolute Gasteiger partial charge is 0.508 e. The van der Waals surface area contributed by atoms with E-state index in [9.17, 15) is 92.0 Å². The van der Waals surface area contributed by atoms with Crippen LogP contribution < -0.4 is 92.1 Å². The predicted molar refractivity (Wildman–Crippen MR) is 336 cm³/mol. The maximum Gasteiger partial charge on any atom is 0.326 e. The highest BCUT2D eigenvalue weighted by Crippen LogP contribution is 2.14. The highest BCUT2D eigenvalue weighted by molar-refractivity contribution is 7.98. The van der Waals surface area contributed by atoms with Crippen molar-refractivity contribution in [3.8, 4) is 5.75 Å². The van der Waals surface area contributed by atoms with Crippen LogP contribution >= 0.6 is 11.8 Å². The molecule has 0 radical (unpaired) electrons. The third-order valence-electron chi connectivity index (χ3n) is 13.5. The first-order chi connectivity index (χ1) is 43.9. The fourth-order valence-corrected chi connectivity index (χ4v) is 8.68. The van der Waals surface area contributed by atoms with Crippen molar-refractivity contribution in [2.45, 2.75) is 172 Å². The van der Waals surface area contributed by atoms with Gasteiger partial charge in [-0.2, -0.15) is 11.8 Å². The van der Waals surface area contributed by atoms with Gasteiger partial charge in [0.15, 0.2) is 5.96 Å². The lowest BCUT2D eigenvalue weighted by molar-refractivity contribution is -0.142.